The number of carbonyl (C=O) groups excluding carboxylic acids is 1. The highest BCUT2D eigenvalue weighted by Crippen LogP contribution is 2.32. The maximum absolute atomic E-state index is 13.0. The number of hydrogen-bond donors (Lipinski definition) is 0. The van der Waals surface area contributed by atoms with Crippen LogP contribution in [-0.2, 0) is 0 Å². The number of fused-ring (bicyclic) bond motifs is 1. The molecule has 6 heteroatoms. The van der Waals surface area contributed by atoms with Crippen molar-refractivity contribution in [2.75, 3.05) is 14.2 Å². The monoisotopic (exact) mass is 337 g/mol. The fourth-order valence-corrected chi connectivity index (χ4v) is 2.69. The van der Waals surface area contributed by atoms with E-state index in [0.29, 0.717) is 28.0 Å². The summed E-state index contributed by atoms with van der Waals surface area (Å²) in [7, 11) is 3.05. The Balaban J connectivity index is 2.18. The molecule has 0 saturated carbocycles. The average Bonchev–Trinajstić information content (AvgIpc) is 2.66. The van der Waals surface area contributed by atoms with E-state index in [1.165, 1.54) is 31.4 Å². The van der Waals surface area contributed by atoms with Gasteiger partial charge < -0.3 is 9.47 Å². The van der Waals surface area contributed by atoms with Gasteiger partial charge in [-0.1, -0.05) is 12.1 Å². The third-order valence-electron chi connectivity index (χ3n) is 3.98. The molecule has 0 aliphatic heterocycles. The van der Waals surface area contributed by atoms with E-state index in [0.717, 1.165) is 5.39 Å². The van der Waals surface area contributed by atoms with Crippen molar-refractivity contribution in [2.24, 2.45) is 0 Å². The highest BCUT2D eigenvalue weighted by Gasteiger charge is 2.19. The number of rotatable bonds is 5. The lowest BCUT2D eigenvalue weighted by Crippen LogP contribution is -2.05. The molecular weight excluding hydrogens is 322 g/mol. The molecule has 0 heterocycles. The van der Waals surface area contributed by atoms with E-state index in [4.69, 9.17) is 9.47 Å². The molecule has 3 aromatic rings. The molecule has 3 aromatic carbocycles. The van der Waals surface area contributed by atoms with Crippen LogP contribution in [0.3, 0.4) is 0 Å². The van der Waals surface area contributed by atoms with E-state index in [2.05, 4.69) is 0 Å². The van der Waals surface area contributed by atoms with Crippen molar-refractivity contribution >= 4 is 22.2 Å². The Morgan fingerprint density at radius 2 is 1.64 bits per heavy atom. The third-order valence-corrected chi connectivity index (χ3v) is 3.98. The lowest BCUT2D eigenvalue weighted by atomic mass is 9.96. The van der Waals surface area contributed by atoms with Crippen molar-refractivity contribution in [3.05, 3.63) is 75.8 Å². The second-order valence-electron chi connectivity index (χ2n) is 5.36. The highest BCUT2D eigenvalue weighted by atomic mass is 16.6. The van der Waals surface area contributed by atoms with Crippen LogP contribution < -0.4 is 9.47 Å². The molecule has 3 rings (SSSR count). The van der Waals surface area contributed by atoms with E-state index < -0.39 is 4.92 Å². The van der Waals surface area contributed by atoms with Crippen LogP contribution in [0, 0.1) is 10.1 Å². The fourth-order valence-electron chi connectivity index (χ4n) is 2.69. The van der Waals surface area contributed by atoms with Crippen LogP contribution in [0.1, 0.15) is 15.9 Å². The topological polar surface area (TPSA) is 78.7 Å². The van der Waals surface area contributed by atoms with Gasteiger partial charge in [0.2, 0.25) is 0 Å². The summed E-state index contributed by atoms with van der Waals surface area (Å²) < 4.78 is 10.6. The second kappa shape index (κ2) is 6.60. The van der Waals surface area contributed by atoms with Gasteiger partial charge in [0, 0.05) is 23.1 Å². The first-order chi connectivity index (χ1) is 12.0. The van der Waals surface area contributed by atoms with E-state index in [1.807, 2.05) is 18.2 Å². The number of hydrogen-bond acceptors (Lipinski definition) is 5. The van der Waals surface area contributed by atoms with Crippen molar-refractivity contribution in [3.8, 4) is 11.5 Å². The van der Waals surface area contributed by atoms with Crippen molar-refractivity contribution in [3.63, 3.8) is 0 Å². The van der Waals surface area contributed by atoms with Gasteiger partial charge in [0.25, 0.3) is 5.69 Å². The molecule has 0 amide bonds. The molecule has 0 unspecified atom stereocenters. The zero-order chi connectivity index (χ0) is 18.0. The summed E-state index contributed by atoms with van der Waals surface area (Å²) in [6.45, 7) is 0. The van der Waals surface area contributed by atoms with Crippen LogP contribution in [0.4, 0.5) is 5.69 Å². The number of nitro groups is 1. The maximum Gasteiger partial charge on any atom is 0.269 e. The predicted octanol–water partition coefficient (Wildman–Crippen LogP) is 4.00. The smallest absolute Gasteiger partial charge is 0.269 e. The normalized spacial score (nSPS) is 10.5. The Morgan fingerprint density at radius 3 is 2.24 bits per heavy atom. The predicted molar refractivity (Wildman–Crippen MR) is 93.6 cm³/mol. The first-order valence-electron chi connectivity index (χ1n) is 7.49. The van der Waals surface area contributed by atoms with E-state index >= 15 is 0 Å². The third kappa shape index (κ3) is 3.01. The molecule has 0 atom stereocenters. The van der Waals surface area contributed by atoms with Gasteiger partial charge in [-0.3, -0.25) is 14.9 Å². The van der Waals surface area contributed by atoms with Crippen LogP contribution in [-0.4, -0.2) is 24.9 Å². The minimum Gasteiger partial charge on any atom is -0.497 e. The van der Waals surface area contributed by atoms with Crippen LogP contribution in [0.2, 0.25) is 0 Å². The zero-order valence-corrected chi connectivity index (χ0v) is 13.7. The Labute approximate surface area is 143 Å². The highest BCUT2D eigenvalue weighted by molar-refractivity contribution is 6.18. The summed E-state index contributed by atoms with van der Waals surface area (Å²) in [6, 6.07) is 14.5. The number of benzene rings is 3. The quantitative estimate of drug-likeness (QED) is 0.399. The first-order valence-corrected chi connectivity index (χ1v) is 7.49. The molecule has 0 radical (unpaired) electrons. The summed E-state index contributed by atoms with van der Waals surface area (Å²) in [5.41, 5.74) is 0.676. The van der Waals surface area contributed by atoms with E-state index in [9.17, 15) is 14.9 Å². The van der Waals surface area contributed by atoms with Gasteiger partial charge in [-0.05, 0) is 35.7 Å². The molecule has 126 valence electrons. The molecule has 0 aromatic heterocycles. The molecule has 0 aliphatic rings. The molecule has 0 fully saturated rings. The second-order valence-corrected chi connectivity index (χ2v) is 5.36. The summed E-state index contributed by atoms with van der Waals surface area (Å²) in [5.74, 6) is 0.785. The van der Waals surface area contributed by atoms with Crippen LogP contribution in [0.5, 0.6) is 11.5 Å². The van der Waals surface area contributed by atoms with E-state index in [1.54, 1.807) is 19.2 Å². The van der Waals surface area contributed by atoms with Crippen molar-refractivity contribution in [2.45, 2.75) is 0 Å². The molecule has 0 N–H and O–H groups in total. The van der Waals surface area contributed by atoms with Gasteiger partial charge in [-0.25, -0.2) is 0 Å². The maximum atomic E-state index is 13.0. The van der Waals surface area contributed by atoms with Crippen molar-refractivity contribution < 1.29 is 19.2 Å². The summed E-state index contributed by atoms with van der Waals surface area (Å²) in [4.78, 5) is 23.3. The molecule has 0 bridgehead atoms. The number of ketones is 1. The number of carbonyl (C=O) groups is 1. The fraction of sp³-hybridized carbons (Fsp3) is 0.105. The van der Waals surface area contributed by atoms with Crippen LogP contribution in [0.25, 0.3) is 10.8 Å². The number of nitrogens with zero attached hydrogens (tertiary/aromatic N) is 1. The Hall–Kier alpha value is -3.41. The Bertz CT molecular complexity index is 958. The first kappa shape index (κ1) is 16.4. The number of methoxy groups -OCH3 is 2. The van der Waals surface area contributed by atoms with Gasteiger partial charge in [0.15, 0.2) is 5.78 Å². The molecular formula is C19H15NO5. The molecule has 6 nitrogen and oxygen atoms in total. The molecule has 25 heavy (non-hydrogen) atoms. The van der Waals surface area contributed by atoms with E-state index in [-0.39, 0.29) is 11.5 Å². The molecule has 0 saturated heterocycles. The van der Waals surface area contributed by atoms with Gasteiger partial charge in [0.1, 0.15) is 11.5 Å². The minimum atomic E-state index is -0.502. The summed E-state index contributed by atoms with van der Waals surface area (Å²) in [6.07, 6.45) is 0. The van der Waals surface area contributed by atoms with Gasteiger partial charge in [0.05, 0.1) is 24.7 Å². The number of ether oxygens (including phenoxy) is 2. The zero-order valence-electron chi connectivity index (χ0n) is 13.7. The summed E-state index contributed by atoms with van der Waals surface area (Å²) >= 11 is 0. The van der Waals surface area contributed by atoms with Gasteiger partial charge in [-0.15, -0.1) is 0 Å². The SMILES string of the molecule is COc1ccc2ccc(OC)c(C(=O)c3ccc([N+](=O)[O-])cc3)c2c1. The van der Waals surface area contributed by atoms with Gasteiger partial charge in [-0.2, -0.15) is 0 Å². The number of nitro benzene ring substituents is 1. The minimum absolute atomic E-state index is 0.0666. The van der Waals surface area contributed by atoms with Crippen molar-refractivity contribution in [1.29, 1.82) is 0 Å². The van der Waals surface area contributed by atoms with Gasteiger partial charge >= 0.3 is 0 Å². The standard InChI is InChI=1S/C19H15NO5/c1-24-15-9-5-12-6-10-17(25-2)18(16(12)11-15)19(21)13-3-7-14(8-4-13)20(22)23/h3-11H,1-2H3. The summed E-state index contributed by atoms with van der Waals surface area (Å²) in [5, 5.41) is 12.3. The molecule has 0 aliphatic carbocycles. The Morgan fingerprint density at radius 1 is 0.960 bits per heavy atom. The average molecular weight is 337 g/mol. The lowest BCUT2D eigenvalue weighted by Gasteiger charge is -2.12. The van der Waals surface area contributed by atoms with Crippen LogP contribution in [0.15, 0.2) is 54.6 Å². The lowest BCUT2D eigenvalue weighted by molar-refractivity contribution is -0.384. The number of non-ortho nitro benzene ring substituents is 1. The molecule has 0 spiro atoms. The van der Waals surface area contributed by atoms with Crippen LogP contribution >= 0.6 is 0 Å². The van der Waals surface area contributed by atoms with Crippen molar-refractivity contribution in [1.82, 2.24) is 0 Å². The Kier molecular flexibility index (Phi) is 4.35. The largest absolute Gasteiger partial charge is 0.497 e.